The number of ether oxygens (including phenoxy) is 1. The van der Waals surface area contributed by atoms with Crippen LogP contribution in [-0.4, -0.2) is 17.7 Å². The molecule has 3 heteroatoms. The summed E-state index contributed by atoms with van der Waals surface area (Å²) in [5.74, 6) is 0.288. The number of aliphatic carboxylic acids is 1. The minimum atomic E-state index is -0.924. The second-order valence-electron chi connectivity index (χ2n) is 4.51. The lowest BCUT2D eigenvalue weighted by Gasteiger charge is -2.15. The molecular weight excluding hydrogens is 228 g/mol. The highest BCUT2D eigenvalue weighted by Gasteiger charge is 2.10. The third-order valence-corrected chi connectivity index (χ3v) is 2.73. The van der Waals surface area contributed by atoms with E-state index in [1.165, 1.54) is 6.08 Å². The van der Waals surface area contributed by atoms with Crippen molar-refractivity contribution < 1.29 is 14.6 Å². The normalized spacial score (nSPS) is 11.7. The van der Waals surface area contributed by atoms with Gasteiger partial charge in [0.2, 0.25) is 0 Å². The van der Waals surface area contributed by atoms with Crippen molar-refractivity contribution in [1.29, 1.82) is 0 Å². The Morgan fingerprint density at radius 1 is 1.44 bits per heavy atom. The molecule has 0 amide bonds. The van der Waals surface area contributed by atoms with Gasteiger partial charge in [-0.3, -0.25) is 0 Å². The summed E-state index contributed by atoms with van der Waals surface area (Å²) in [5, 5.41) is 8.76. The van der Waals surface area contributed by atoms with E-state index in [1.54, 1.807) is 6.92 Å². The lowest BCUT2D eigenvalue weighted by Crippen LogP contribution is -1.99. The fourth-order valence-electron chi connectivity index (χ4n) is 1.80. The molecule has 0 heterocycles. The van der Waals surface area contributed by atoms with Crippen molar-refractivity contribution in [2.24, 2.45) is 0 Å². The standard InChI is InChI=1S/C15H20O3/c1-5-18-14-7-6-12(9-13(14)10(2)3)11(4)8-15(16)17/h6-10H,5H2,1-4H3,(H,16,17)/b11-8+. The van der Waals surface area contributed by atoms with Crippen LogP contribution in [0, 0.1) is 0 Å². The van der Waals surface area contributed by atoms with Crippen LogP contribution in [0.3, 0.4) is 0 Å². The molecule has 3 nitrogen and oxygen atoms in total. The molecule has 0 fully saturated rings. The van der Waals surface area contributed by atoms with Crippen LogP contribution in [0.5, 0.6) is 5.75 Å². The van der Waals surface area contributed by atoms with E-state index in [0.717, 1.165) is 22.4 Å². The second-order valence-corrected chi connectivity index (χ2v) is 4.51. The summed E-state index contributed by atoms with van der Waals surface area (Å²) in [6, 6.07) is 5.81. The van der Waals surface area contributed by atoms with Crippen molar-refractivity contribution in [1.82, 2.24) is 0 Å². The van der Waals surface area contributed by atoms with Gasteiger partial charge in [0.25, 0.3) is 0 Å². The van der Waals surface area contributed by atoms with Gasteiger partial charge in [-0.05, 0) is 48.6 Å². The molecule has 0 saturated carbocycles. The first-order valence-corrected chi connectivity index (χ1v) is 6.14. The summed E-state index contributed by atoms with van der Waals surface area (Å²) in [6.45, 7) is 8.57. The van der Waals surface area contributed by atoms with Gasteiger partial charge in [0, 0.05) is 6.08 Å². The highest BCUT2D eigenvalue weighted by atomic mass is 16.5. The van der Waals surface area contributed by atoms with Crippen molar-refractivity contribution in [3.63, 3.8) is 0 Å². The van der Waals surface area contributed by atoms with E-state index in [0.29, 0.717) is 12.5 Å². The van der Waals surface area contributed by atoms with Crippen molar-refractivity contribution in [2.75, 3.05) is 6.61 Å². The van der Waals surface area contributed by atoms with Gasteiger partial charge < -0.3 is 9.84 Å². The topological polar surface area (TPSA) is 46.5 Å². The molecule has 1 aromatic carbocycles. The third kappa shape index (κ3) is 3.62. The molecule has 1 N–H and O–H groups in total. The molecule has 18 heavy (non-hydrogen) atoms. The average molecular weight is 248 g/mol. The number of carbonyl (C=O) groups is 1. The molecule has 0 bridgehead atoms. The Morgan fingerprint density at radius 3 is 2.61 bits per heavy atom. The fraction of sp³-hybridized carbons (Fsp3) is 0.400. The predicted octanol–water partition coefficient (Wildman–Crippen LogP) is 3.70. The van der Waals surface area contributed by atoms with Crippen molar-refractivity contribution in [3.05, 3.63) is 35.4 Å². The Hall–Kier alpha value is -1.77. The Bertz CT molecular complexity index is 459. The minimum Gasteiger partial charge on any atom is -0.494 e. The van der Waals surface area contributed by atoms with E-state index in [9.17, 15) is 4.79 Å². The van der Waals surface area contributed by atoms with Crippen molar-refractivity contribution >= 4 is 11.5 Å². The molecule has 0 aliphatic heterocycles. The largest absolute Gasteiger partial charge is 0.494 e. The van der Waals surface area contributed by atoms with Gasteiger partial charge in [-0.25, -0.2) is 4.79 Å². The molecule has 0 atom stereocenters. The Balaban J connectivity index is 3.18. The SMILES string of the molecule is CCOc1ccc(/C(C)=C/C(=O)O)cc1C(C)C. The molecule has 0 aliphatic rings. The molecular formula is C15H20O3. The summed E-state index contributed by atoms with van der Waals surface area (Å²) in [7, 11) is 0. The quantitative estimate of drug-likeness (QED) is 0.808. The van der Waals surface area contributed by atoms with Gasteiger partial charge in [0.05, 0.1) is 6.61 Å². The Labute approximate surface area is 108 Å². The number of carboxylic acid groups (broad SMARTS) is 1. The molecule has 0 aliphatic carbocycles. The zero-order valence-corrected chi connectivity index (χ0v) is 11.4. The Kier molecular flexibility index (Phi) is 4.95. The summed E-state index contributed by atoms with van der Waals surface area (Å²) < 4.78 is 5.58. The Morgan fingerprint density at radius 2 is 2.11 bits per heavy atom. The maximum atomic E-state index is 10.7. The van der Waals surface area contributed by atoms with Crippen LogP contribution in [-0.2, 0) is 4.79 Å². The highest BCUT2D eigenvalue weighted by molar-refractivity contribution is 5.89. The first-order chi connectivity index (χ1) is 8.45. The first kappa shape index (κ1) is 14.3. The van der Waals surface area contributed by atoms with Crippen LogP contribution in [0.4, 0.5) is 0 Å². The number of hydrogen-bond donors (Lipinski definition) is 1. The van der Waals surface area contributed by atoms with E-state index in [2.05, 4.69) is 13.8 Å². The van der Waals surface area contributed by atoms with Crippen molar-refractivity contribution in [3.8, 4) is 5.75 Å². The van der Waals surface area contributed by atoms with E-state index < -0.39 is 5.97 Å². The summed E-state index contributed by atoms with van der Waals surface area (Å²) in [4.78, 5) is 10.7. The van der Waals surface area contributed by atoms with Gasteiger partial charge in [-0.15, -0.1) is 0 Å². The lowest BCUT2D eigenvalue weighted by atomic mass is 9.96. The summed E-state index contributed by atoms with van der Waals surface area (Å²) in [6.07, 6.45) is 1.22. The van der Waals surface area contributed by atoms with E-state index >= 15 is 0 Å². The number of carboxylic acids is 1. The lowest BCUT2D eigenvalue weighted by molar-refractivity contribution is -0.131. The average Bonchev–Trinajstić information content (AvgIpc) is 2.28. The number of rotatable bonds is 5. The molecule has 0 aromatic heterocycles. The predicted molar refractivity (Wildman–Crippen MR) is 73.0 cm³/mol. The van der Waals surface area contributed by atoms with Gasteiger partial charge in [-0.1, -0.05) is 19.9 Å². The molecule has 0 spiro atoms. The summed E-state index contributed by atoms with van der Waals surface area (Å²) >= 11 is 0. The first-order valence-electron chi connectivity index (χ1n) is 6.14. The van der Waals surface area contributed by atoms with E-state index in [4.69, 9.17) is 9.84 Å². The minimum absolute atomic E-state index is 0.337. The zero-order valence-electron chi connectivity index (χ0n) is 11.4. The van der Waals surface area contributed by atoms with Crippen LogP contribution < -0.4 is 4.74 Å². The zero-order chi connectivity index (χ0) is 13.7. The van der Waals surface area contributed by atoms with E-state index in [1.807, 2.05) is 25.1 Å². The van der Waals surface area contributed by atoms with Crippen LogP contribution in [0.1, 0.15) is 44.7 Å². The highest BCUT2D eigenvalue weighted by Crippen LogP contribution is 2.29. The number of allylic oxidation sites excluding steroid dienone is 1. The van der Waals surface area contributed by atoms with E-state index in [-0.39, 0.29) is 0 Å². The summed E-state index contributed by atoms with van der Waals surface area (Å²) in [5.41, 5.74) is 2.77. The molecule has 0 unspecified atom stereocenters. The number of hydrogen-bond acceptors (Lipinski definition) is 2. The van der Waals surface area contributed by atoms with Gasteiger partial charge in [0.15, 0.2) is 0 Å². The van der Waals surface area contributed by atoms with Crippen LogP contribution in [0.15, 0.2) is 24.3 Å². The van der Waals surface area contributed by atoms with Crippen LogP contribution in [0.2, 0.25) is 0 Å². The monoisotopic (exact) mass is 248 g/mol. The second kappa shape index (κ2) is 6.24. The molecule has 98 valence electrons. The molecule has 1 aromatic rings. The van der Waals surface area contributed by atoms with Gasteiger partial charge >= 0.3 is 5.97 Å². The van der Waals surface area contributed by atoms with Gasteiger partial charge in [0.1, 0.15) is 5.75 Å². The van der Waals surface area contributed by atoms with Crippen molar-refractivity contribution in [2.45, 2.75) is 33.6 Å². The van der Waals surface area contributed by atoms with Crippen LogP contribution >= 0.6 is 0 Å². The smallest absolute Gasteiger partial charge is 0.328 e. The van der Waals surface area contributed by atoms with Crippen LogP contribution in [0.25, 0.3) is 5.57 Å². The fourth-order valence-corrected chi connectivity index (χ4v) is 1.80. The maximum absolute atomic E-state index is 10.7. The maximum Gasteiger partial charge on any atom is 0.328 e. The molecule has 1 rings (SSSR count). The number of benzene rings is 1. The molecule has 0 saturated heterocycles. The van der Waals surface area contributed by atoms with Gasteiger partial charge in [-0.2, -0.15) is 0 Å². The third-order valence-electron chi connectivity index (χ3n) is 2.73. The molecule has 0 radical (unpaired) electrons.